The zero-order chi connectivity index (χ0) is 15.0. The maximum absolute atomic E-state index is 12.5. The van der Waals surface area contributed by atoms with Gasteiger partial charge in [-0.3, -0.25) is 9.59 Å². The van der Waals surface area contributed by atoms with E-state index in [0.29, 0.717) is 30.0 Å². The second kappa shape index (κ2) is 5.21. The number of halogens is 1. The maximum atomic E-state index is 12.5. The molecule has 1 saturated carbocycles. The molecule has 0 bridgehead atoms. The molecule has 1 unspecified atom stereocenters. The molecule has 0 aliphatic heterocycles. The van der Waals surface area contributed by atoms with E-state index >= 15 is 0 Å². The number of rotatable bonds is 2. The van der Waals surface area contributed by atoms with Crippen LogP contribution >= 0.6 is 11.6 Å². The number of nitrogens with one attached hydrogen (secondary N) is 1. The summed E-state index contributed by atoms with van der Waals surface area (Å²) in [6.07, 6.45) is 1.56. The molecule has 1 N–H and O–H groups in total. The van der Waals surface area contributed by atoms with Crippen molar-refractivity contribution >= 4 is 29.0 Å². The van der Waals surface area contributed by atoms with Crippen molar-refractivity contribution in [1.29, 1.82) is 0 Å². The van der Waals surface area contributed by atoms with Gasteiger partial charge >= 0.3 is 0 Å². The standard InChI is InChI=1S/C16H20ClNO2/c1-15(2)8-13(19)9-16(3,10-15)14(20)18-12-6-4-5-11(17)7-12/h4-7H,8-10H2,1-3H3,(H,18,20). The predicted molar refractivity (Wildman–Crippen MR) is 80.8 cm³/mol. The third-order valence-corrected chi connectivity index (χ3v) is 4.00. The van der Waals surface area contributed by atoms with Crippen LogP contribution in [-0.4, -0.2) is 11.7 Å². The molecule has 4 heteroatoms. The first-order valence-electron chi connectivity index (χ1n) is 6.79. The van der Waals surface area contributed by atoms with Crippen LogP contribution in [0.15, 0.2) is 24.3 Å². The van der Waals surface area contributed by atoms with Crippen molar-refractivity contribution in [1.82, 2.24) is 0 Å². The van der Waals surface area contributed by atoms with E-state index in [1.54, 1.807) is 24.3 Å². The molecule has 1 aliphatic carbocycles. The summed E-state index contributed by atoms with van der Waals surface area (Å²) in [6.45, 7) is 5.94. The average molecular weight is 294 g/mol. The fourth-order valence-electron chi connectivity index (χ4n) is 3.22. The van der Waals surface area contributed by atoms with E-state index in [-0.39, 0.29) is 17.1 Å². The normalized spacial score (nSPS) is 25.3. The Morgan fingerprint density at radius 3 is 2.55 bits per heavy atom. The van der Waals surface area contributed by atoms with E-state index in [4.69, 9.17) is 11.6 Å². The highest BCUT2D eigenvalue weighted by atomic mass is 35.5. The van der Waals surface area contributed by atoms with E-state index in [0.717, 1.165) is 0 Å². The lowest BCUT2D eigenvalue weighted by Crippen LogP contribution is -2.43. The lowest BCUT2D eigenvalue weighted by atomic mass is 9.63. The molecule has 1 aromatic rings. The van der Waals surface area contributed by atoms with E-state index < -0.39 is 5.41 Å². The van der Waals surface area contributed by atoms with Gasteiger partial charge in [-0.15, -0.1) is 0 Å². The number of carbonyl (C=O) groups excluding carboxylic acids is 2. The van der Waals surface area contributed by atoms with Gasteiger partial charge in [-0.2, -0.15) is 0 Å². The fourth-order valence-corrected chi connectivity index (χ4v) is 3.41. The summed E-state index contributed by atoms with van der Waals surface area (Å²) in [5.41, 5.74) is -0.115. The summed E-state index contributed by atoms with van der Waals surface area (Å²) in [4.78, 5) is 24.4. The second-order valence-corrected chi connectivity index (χ2v) is 7.19. The van der Waals surface area contributed by atoms with Crippen LogP contribution in [0.1, 0.15) is 40.0 Å². The van der Waals surface area contributed by atoms with Gasteiger partial charge in [0.25, 0.3) is 0 Å². The number of hydrogen-bond acceptors (Lipinski definition) is 2. The van der Waals surface area contributed by atoms with E-state index in [1.807, 2.05) is 20.8 Å². The number of Topliss-reactive ketones (excluding diaryl/α,β-unsaturated/α-hetero) is 1. The van der Waals surface area contributed by atoms with Gasteiger partial charge in [-0.1, -0.05) is 38.4 Å². The van der Waals surface area contributed by atoms with Gasteiger partial charge < -0.3 is 5.32 Å². The Balaban J connectivity index is 2.17. The zero-order valence-corrected chi connectivity index (χ0v) is 12.9. The average Bonchev–Trinajstić information content (AvgIpc) is 2.25. The fraction of sp³-hybridized carbons (Fsp3) is 0.500. The third-order valence-electron chi connectivity index (χ3n) is 3.76. The summed E-state index contributed by atoms with van der Waals surface area (Å²) in [7, 11) is 0. The van der Waals surface area contributed by atoms with Gasteiger partial charge in [0, 0.05) is 23.6 Å². The Hall–Kier alpha value is -1.35. The Kier molecular flexibility index (Phi) is 3.92. The monoisotopic (exact) mass is 293 g/mol. The van der Waals surface area contributed by atoms with E-state index in [1.165, 1.54) is 0 Å². The SMILES string of the molecule is CC1(C)CC(=O)CC(C)(C(=O)Nc2cccc(Cl)c2)C1. The van der Waals surface area contributed by atoms with Crippen LogP contribution < -0.4 is 5.32 Å². The maximum Gasteiger partial charge on any atom is 0.230 e. The molecule has 1 fully saturated rings. The van der Waals surface area contributed by atoms with Gasteiger partial charge in [0.05, 0.1) is 5.41 Å². The molecule has 0 spiro atoms. The lowest BCUT2D eigenvalue weighted by Gasteiger charge is -2.40. The molecule has 1 atom stereocenters. The molecule has 0 saturated heterocycles. The molecule has 1 aromatic carbocycles. The second-order valence-electron chi connectivity index (χ2n) is 6.76. The first-order valence-corrected chi connectivity index (χ1v) is 7.17. The first-order chi connectivity index (χ1) is 9.20. The highest BCUT2D eigenvalue weighted by Gasteiger charge is 2.45. The minimum absolute atomic E-state index is 0.110. The summed E-state index contributed by atoms with van der Waals surface area (Å²) < 4.78 is 0. The molecule has 1 amide bonds. The van der Waals surface area contributed by atoms with Crippen LogP contribution in [0.3, 0.4) is 0 Å². The van der Waals surface area contributed by atoms with Gasteiger partial charge in [0.15, 0.2) is 0 Å². The van der Waals surface area contributed by atoms with Crippen molar-refractivity contribution in [2.45, 2.75) is 40.0 Å². The van der Waals surface area contributed by atoms with Crippen molar-refractivity contribution in [3.8, 4) is 0 Å². The first kappa shape index (κ1) is 15.0. The van der Waals surface area contributed by atoms with Crippen LogP contribution in [0.5, 0.6) is 0 Å². The number of carbonyl (C=O) groups is 2. The molecule has 0 heterocycles. The van der Waals surface area contributed by atoms with Gasteiger partial charge in [-0.05, 0) is 30.0 Å². The van der Waals surface area contributed by atoms with E-state index in [9.17, 15) is 9.59 Å². The summed E-state index contributed by atoms with van der Waals surface area (Å²) in [6, 6.07) is 7.05. The van der Waals surface area contributed by atoms with Crippen molar-refractivity contribution in [3.63, 3.8) is 0 Å². The zero-order valence-electron chi connectivity index (χ0n) is 12.1. The van der Waals surface area contributed by atoms with E-state index in [2.05, 4.69) is 5.32 Å². The van der Waals surface area contributed by atoms with Gasteiger partial charge in [-0.25, -0.2) is 0 Å². The molecule has 1 aliphatic rings. The van der Waals surface area contributed by atoms with Crippen molar-refractivity contribution in [3.05, 3.63) is 29.3 Å². The van der Waals surface area contributed by atoms with Crippen molar-refractivity contribution < 1.29 is 9.59 Å². The highest BCUT2D eigenvalue weighted by molar-refractivity contribution is 6.30. The minimum Gasteiger partial charge on any atom is -0.326 e. The van der Waals surface area contributed by atoms with Crippen LogP contribution in [-0.2, 0) is 9.59 Å². The number of amides is 1. The highest BCUT2D eigenvalue weighted by Crippen LogP contribution is 2.45. The summed E-state index contributed by atoms with van der Waals surface area (Å²) in [5, 5.41) is 3.45. The van der Waals surface area contributed by atoms with Crippen molar-refractivity contribution in [2.75, 3.05) is 5.32 Å². The predicted octanol–water partition coefficient (Wildman–Crippen LogP) is 4.06. The minimum atomic E-state index is -0.652. The Labute approximate surface area is 124 Å². The quantitative estimate of drug-likeness (QED) is 0.893. The number of hydrogen-bond donors (Lipinski definition) is 1. The van der Waals surface area contributed by atoms with Crippen molar-refractivity contribution in [2.24, 2.45) is 10.8 Å². The van der Waals surface area contributed by atoms with Crippen LogP contribution in [0.25, 0.3) is 0 Å². The molecule has 0 aromatic heterocycles. The number of benzene rings is 1. The largest absolute Gasteiger partial charge is 0.326 e. The van der Waals surface area contributed by atoms with Gasteiger partial charge in [0.1, 0.15) is 5.78 Å². The third kappa shape index (κ3) is 3.40. The molecule has 3 nitrogen and oxygen atoms in total. The molecular weight excluding hydrogens is 274 g/mol. The number of ketones is 1. The van der Waals surface area contributed by atoms with Gasteiger partial charge in [0.2, 0.25) is 5.91 Å². The smallest absolute Gasteiger partial charge is 0.230 e. The van der Waals surface area contributed by atoms with Crippen LogP contribution in [0, 0.1) is 10.8 Å². The summed E-state index contributed by atoms with van der Waals surface area (Å²) in [5.74, 6) is 0.0471. The number of anilines is 1. The topological polar surface area (TPSA) is 46.2 Å². The summed E-state index contributed by atoms with van der Waals surface area (Å²) >= 11 is 5.91. The Morgan fingerprint density at radius 2 is 1.95 bits per heavy atom. The molecule has 2 rings (SSSR count). The Bertz CT molecular complexity index is 553. The molecule has 0 radical (unpaired) electrons. The van der Waals surface area contributed by atoms with Crippen LogP contribution in [0.2, 0.25) is 5.02 Å². The lowest BCUT2D eigenvalue weighted by molar-refractivity contribution is -0.138. The van der Waals surface area contributed by atoms with Crippen LogP contribution in [0.4, 0.5) is 5.69 Å². The molecular formula is C16H20ClNO2. The molecule has 108 valence electrons. The Morgan fingerprint density at radius 1 is 1.25 bits per heavy atom. The molecule has 20 heavy (non-hydrogen) atoms.